The summed E-state index contributed by atoms with van der Waals surface area (Å²) in [6.07, 6.45) is -2.63. The highest BCUT2D eigenvalue weighted by molar-refractivity contribution is 9.12. The second-order valence-corrected chi connectivity index (χ2v) is 5.20. The van der Waals surface area contributed by atoms with Crippen LogP contribution in [0.25, 0.3) is 0 Å². The predicted molar refractivity (Wildman–Crippen MR) is 74.6 cm³/mol. The highest BCUT2D eigenvalue weighted by Gasteiger charge is 2.30. The fraction of sp³-hybridized carbons (Fsp3) is 0.700. The highest BCUT2D eigenvalue weighted by Crippen LogP contribution is 2.16. The average Bonchev–Trinajstić information content (AvgIpc) is 2.50. The lowest BCUT2D eigenvalue weighted by atomic mass is 10.2. The minimum absolute atomic E-state index is 0.168. The molecule has 20 heavy (non-hydrogen) atoms. The molecule has 0 aliphatic carbocycles. The van der Waals surface area contributed by atoms with E-state index in [1.165, 1.54) is 14.2 Å². The molecule has 0 aliphatic heterocycles. The molecule has 0 aromatic heterocycles. The van der Waals surface area contributed by atoms with Gasteiger partial charge in [-0.25, -0.2) is 0 Å². The van der Waals surface area contributed by atoms with Gasteiger partial charge in [0, 0.05) is 0 Å². The zero-order valence-corrected chi connectivity index (χ0v) is 13.9. The molecule has 0 bridgehead atoms. The number of aliphatic hydroxyl groups excluding tert-OH is 3. The summed E-state index contributed by atoms with van der Waals surface area (Å²) in [5, 5.41) is 24.8. The predicted octanol–water partition coefficient (Wildman–Crippen LogP) is -1.24. The molecule has 0 rings (SSSR count). The molecule has 0 saturated carbocycles. The van der Waals surface area contributed by atoms with E-state index in [4.69, 9.17) is 15.3 Å². The third kappa shape index (κ3) is 8.59. The number of methoxy groups -OCH3 is 2. The van der Waals surface area contributed by atoms with Gasteiger partial charge < -0.3 is 29.6 Å². The molecule has 0 saturated heterocycles. The number of hydrogen-bond donors (Lipinski definition) is 3. The largest absolute Gasteiger partial charge is 0.468 e. The minimum atomic E-state index is -1.46. The van der Waals surface area contributed by atoms with Crippen LogP contribution in [0.1, 0.15) is 0 Å². The van der Waals surface area contributed by atoms with Crippen LogP contribution >= 0.6 is 31.9 Å². The maximum atomic E-state index is 10.9. The first-order valence-corrected chi connectivity index (χ1v) is 6.95. The number of hydrogen-bond acceptors (Lipinski definition) is 8. The van der Waals surface area contributed by atoms with Gasteiger partial charge in [-0.15, -0.1) is 0 Å². The number of aldehydes is 1. The summed E-state index contributed by atoms with van der Waals surface area (Å²) in [6.45, 7) is -0.597. The summed E-state index contributed by atoms with van der Waals surface area (Å²) in [7, 11) is 2.49. The van der Waals surface area contributed by atoms with E-state index >= 15 is 0 Å². The molecule has 0 aromatic rings. The lowest BCUT2D eigenvalue weighted by Gasteiger charge is -2.11. The molecule has 3 N–H and O–H groups in total. The molecule has 0 heterocycles. The number of carbonyl (C=O) groups is 3. The van der Waals surface area contributed by atoms with Gasteiger partial charge in [-0.1, -0.05) is 31.9 Å². The fourth-order valence-corrected chi connectivity index (χ4v) is 1.47. The maximum absolute atomic E-state index is 10.9. The number of rotatable bonds is 6. The van der Waals surface area contributed by atoms with Crippen LogP contribution in [-0.4, -0.2) is 76.2 Å². The summed E-state index contributed by atoms with van der Waals surface area (Å²) in [5.74, 6) is -1.05. The van der Waals surface area contributed by atoms with Crippen molar-refractivity contribution in [1.29, 1.82) is 0 Å². The second kappa shape index (κ2) is 12.2. The Morgan fingerprint density at radius 3 is 1.60 bits per heavy atom. The monoisotopic (exact) mass is 422 g/mol. The molecular weight excluding hydrogens is 408 g/mol. The molecule has 0 aliphatic rings. The van der Waals surface area contributed by atoms with E-state index in [0.717, 1.165) is 0 Å². The van der Waals surface area contributed by atoms with Crippen molar-refractivity contribution >= 4 is 50.1 Å². The zero-order chi connectivity index (χ0) is 16.3. The Bertz CT molecular complexity index is 292. The number of ether oxygens (including phenoxy) is 2. The summed E-state index contributed by atoms with van der Waals surface area (Å²) < 4.78 is 8.81. The Morgan fingerprint density at radius 1 is 1.10 bits per heavy atom. The van der Waals surface area contributed by atoms with E-state index in [9.17, 15) is 14.4 Å². The van der Waals surface area contributed by atoms with E-state index in [1.54, 1.807) is 0 Å². The van der Waals surface area contributed by atoms with Crippen molar-refractivity contribution in [1.82, 2.24) is 0 Å². The normalized spacial score (nSPS) is 15.8. The van der Waals surface area contributed by atoms with Gasteiger partial charge in [0.25, 0.3) is 0 Å². The lowest BCUT2D eigenvalue weighted by molar-refractivity contribution is -0.145. The third-order valence-corrected chi connectivity index (χ3v) is 4.34. The Labute approximate surface area is 132 Å². The summed E-state index contributed by atoms with van der Waals surface area (Å²) in [5.41, 5.74) is 0. The molecule has 4 atom stereocenters. The van der Waals surface area contributed by atoms with Crippen molar-refractivity contribution in [2.24, 2.45) is 0 Å². The summed E-state index contributed by atoms with van der Waals surface area (Å²) in [4.78, 5) is 29.9. The van der Waals surface area contributed by atoms with Crippen LogP contribution in [0.3, 0.4) is 0 Å². The van der Waals surface area contributed by atoms with Crippen LogP contribution < -0.4 is 0 Å². The topological polar surface area (TPSA) is 130 Å². The maximum Gasteiger partial charge on any atom is 0.321 e. The Balaban J connectivity index is 0. The molecule has 118 valence electrons. The van der Waals surface area contributed by atoms with Gasteiger partial charge in [0.05, 0.1) is 20.8 Å². The number of esters is 2. The highest BCUT2D eigenvalue weighted by atomic mass is 79.9. The molecule has 4 unspecified atom stereocenters. The van der Waals surface area contributed by atoms with E-state index in [0.29, 0.717) is 0 Å². The van der Waals surface area contributed by atoms with Crippen LogP contribution in [-0.2, 0) is 23.9 Å². The molecule has 0 radical (unpaired) electrons. The van der Waals surface area contributed by atoms with Crippen LogP contribution in [0.2, 0.25) is 0 Å². The summed E-state index contributed by atoms with van der Waals surface area (Å²) in [6, 6.07) is 0. The quantitative estimate of drug-likeness (QED) is 0.274. The van der Waals surface area contributed by atoms with Gasteiger partial charge in [-0.2, -0.15) is 0 Å². The van der Waals surface area contributed by atoms with Crippen molar-refractivity contribution in [2.45, 2.75) is 21.9 Å². The van der Waals surface area contributed by atoms with Crippen molar-refractivity contribution in [3.05, 3.63) is 0 Å². The molecule has 0 aromatic carbocycles. The number of halogens is 2. The minimum Gasteiger partial charge on any atom is -0.468 e. The van der Waals surface area contributed by atoms with Gasteiger partial charge in [-0.05, 0) is 0 Å². The Kier molecular flexibility index (Phi) is 13.3. The van der Waals surface area contributed by atoms with Crippen molar-refractivity contribution in [3.8, 4) is 0 Å². The molecule has 0 fully saturated rings. The van der Waals surface area contributed by atoms with Gasteiger partial charge >= 0.3 is 11.9 Å². The van der Waals surface area contributed by atoms with Gasteiger partial charge in [0.15, 0.2) is 6.29 Å². The molecule has 0 amide bonds. The van der Waals surface area contributed by atoms with E-state index in [2.05, 4.69) is 41.3 Å². The SMILES string of the molecule is COC(=O)C(Br)C(Br)C(=O)OC.O=CC(O)C(O)CO. The average molecular weight is 424 g/mol. The van der Waals surface area contributed by atoms with E-state index < -0.39 is 40.4 Å². The van der Waals surface area contributed by atoms with Crippen LogP contribution in [0.5, 0.6) is 0 Å². The second-order valence-electron chi connectivity index (χ2n) is 3.23. The van der Waals surface area contributed by atoms with Gasteiger partial charge in [0.2, 0.25) is 0 Å². The van der Waals surface area contributed by atoms with Crippen molar-refractivity contribution in [3.63, 3.8) is 0 Å². The number of carbonyl (C=O) groups excluding carboxylic acids is 3. The lowest BCUT2D eigenvalue weighted by Crippen LogP contribution is -2.32. The van der Waals surface area contributed by atoms with Crippen LogP contribution in [0.15, 0.2) is 0 Å². The Hall–Kier alpha value is -0.550. The fourth-order valence-electron chi connectivity index (χ4n) is 0.663. The molecule has 10 heteroatoms. The van der Waals surface area contributed by atoms with Crippen LogP contribution in [0.4, 0.5) is 0 Å². The Morgan fingerprint density at radius 2 is 1.45 bits per heavy atom. The third-order valence-electron chi connectivity index (χ3n) is 1.83. The first-order chi connectivity index (χ1) is 9.26. The zero-order valence-electron chi connectivity index (χ0n) is 10.7. The first-order valence-electron chi connectivity index (χ1n) is 5.12. The van der Waals surface area contributed by atoms with E-state index in [1.807, 2.05) is 0 Å². The van der Waals surface area contributed by atoms with E-state index in [-0.39, 0.29) is 6.29 Å². The molecular formula is C10H16Br2O8. The number of alkyl halides is 2. The van der Waals surface area contributed by atoms with Gasteiger partial charge in [0.1, 0.15) is 21.9 Å². The molecule has 0 spiro atoms. The van der Waals surface area contributed by atoms with Crippen LogP contribution in [0, 0.1) is 0 Å². The summed E-state index contributed by atoms with van der Waals surface area (Å²) >= 11 is 5.98. The standard InChI is InChI=1S/C6H8Br2O4.C4H8O4/c1-11-5(9)3(7)4(8)6(10)12-2;5-1-3(7)4(8)2-6/h3-4H,1-2H3;1,3-4,6-8H,2H2. The van der Waals surface area contributed by atoms with Crippen molar-refractivity contribution in [2.75, 3.05) is 20.8 Å². The number of aliphatic hydroxyl groups is 3. The van der Waals surface area contributed by atoms with Crippen molar-refractivity contribution < 1.29 is 39.2 Å². The van der Waals surface area contributed by atoms with Gasteiger partial charge in [-0.3, -0.25) is 9.59 Å². The molecule has 8 nitrogen and oxygen atoms in total. The smallest absolute Gasteiger partial charge is 0.321 e. The first kappa shape index (κ1) is 21.7.